The van der Waals surface area contributed by atoms with Gasteiger partial charge in [0, 0.05) is 47.3 Å². The summed E-state index contributed by atoms with van der Waals surface area (Å²) in [6.07, 6.45) is 8.90. The molecule has 8 nitrogen and oxygen atoms in total. The van der Waals surface area contributed by atoms with Crippen LogP contribution in [0, 0.1) is 0 Å². The molecule has 0 radical (unpaired) electrons. The predicted molar refractivity (Wildman–Crippen MR) is 107 cm³/mol. The molecule has 0 saturated heterocycles. The average molecular weight is 373 g/mol. The summed E-state index contributed by atoms with van der Waals surface area (Å²) in [7, 11) is 0. The third kappa shape index (κ3) is 3.27. The molecule has 0 aromatic carbocycles. The minimum absolute atomic E-state index is 0.292. The van der Waals surface area contributed by atoms with Crippen LogP contribution in [0.2, 0.25) is 0 Å². The zero-order valence-electron chi connectivity index (χ0n) is 15.5. The van der Waals surface area contributed by atoms with Crippen molar-refractivity contribution in [2.45, 2.75) is 19.9 Å². The van der Waals surface area contributed by atoms with E-state index in [-0.39, 0.29) is 0 Å². The first-order valence-corrected chi connectivity index (χ1v) is 8.84. The van der Waals surface area contributed by atoms with Crippen molar-refractivity contribution in [3.8, 4) is 11.3 Å². The lowest BCUT2D eigenvalue weighted by Gasteiger charge is -2.08. The maximum absolute atomic E-state index is 11.4. The van der Waals surface area contributed by atoms with Gasteiger partial charge in [-0.25, -0.2) is 15.0 Å². The Balaban J connectivity index is 1.73. The Labute approximate surface area is 161 Å². The van der Waals surface area contributed by atoms with E-state index in [1.165, 1.54) is 6.20 Å². The van der Waals surface area contributed by atoms with Gasteiger partial charge in [0.2, 0.25) is 11.9 Å². The standard InChI is InChI=1S/C20H19N7O/c1-12(2)27-11-15(14-4-6-22-10-17(14)27)16-5-8-24-20(25-16)26-18-9-13(19(21)28)3-7-23-18/h3-12H,1-2H3,(H2,21,28)(H,23,24,25,26). The number of aromatic nitrogens is 5. The lowest BCUT2D eigenvalue weighted by molar-refractivity contribution is 0.1000. The highest BCUT2D eigenvalue weighted by Gasteiger charge is 2.14. The maximum atomic E-state index is 11.4. The van der Waals surface area contributed by atoms with E-state index in [0.29, 0.717) is 23.4 Å². The van der Waals surface area contributed by atoms with Crippen LogP contribution in [0.3, 0.4) is 0 Å². The molecule has 0 bridgehead atoms. The van der Waals surface area contributed by atoms with E-state index < -0.39 is 5.91 Å². The minimum atomic E-state index is -0.518. The largest absolute Gasteiger partial charge is 0.366 e. The van der Waals surface area contributed by atoms with Gasteiger partial charge in [0.15, 0.2) is 0 Å². The van der Waals surface area contributed by atoms with Crippen molar-refractivity contribution in [1.82, 2.24) is 24.5 Å². The molecule has 0 atom stereocenters. The second-order valence-electron chi connectivity index (χ2n) is 6.62. The van der Waals surface area contributed by atoms with E-state index in [1.54, 1.807) is 24.5 Å². The Bertz CT molecular complexity index is 1170. The van der Waals surface area contributed by atoms with Gasteiger partial charge in [0.05, 0.1) is 17.4 Å². The molecule has 4 aromatic heterocycles. The number of primary amides is 1. The molecule has 0 aliphatic heterocycles. The van der Waals surface area contributed by atoms with Crippen LogP contribution in [0.15, 0.2) is 55.2 Å². The third-order valence-electron chi connectivity index (χ3n) is 4.41. The molecule has 140 valence electrons. The zero-order chi connectivity index (χ0) is 19.7. The number of hydrogen-bond donors (Lipinski definition) is 2. The van der Waals surface area contributed by atoms with E-state index in [9.17, 15) is 4.79 Å². The highest BCUT2D eigenvalue weighted by Crippen LogP contribution is 2.31. The Hall–Kier alpha value is -3.81. The van der Waals surface area contributed by atoms with E-state index >= 15 is 0 Å². The molecular weight excluding hydrogens is 354 g/mol. The summed E-state index contributed by atoms with van der Waals surface area (Å²) < 4.78 is 2.17. The van der Waals surface area contributed by atoms with Crippen LogP contribution in [-0.4, -0.2) is 30.4 Å². The molecule has 0 saturated carbocycles. The fourth-order valence-corrected chi connectivity index (χ4v) is 3.06. The first-order chi connectivity index (χ1) is 13.5. The first-order valence-electron chi connectivity index (χ1n) is 8.84. The number of hydrogen-bond acceptors (Lipinski definition) is 6. The van der Waals surface area contributed by atoms with E-state index in [2.05, 4.69) is 49.9 Å². The summed E-state index contributed by atoms with van der Waals surface area (Å²) in [5, 5.41) is 4.10. The number of amides is 1. The zero-order valence-corrected chi connectivity index (χ0v) is 15.5. The lowest BCUT2D eigenvalue weighted by Crippen LogP contribution is -2.11. The first kappa shape index (κ1) is 17.6. The number of carbonyl (C=O) groups is 1. The summed E-state index contributed by atoms with van der Waals surface area (Å²) in [6.45, 7) is 4.25. The summed E-state index contributed by atoms with van der Waals surface area (Å²) >= 11 is 0. The molecule has 0 unspecified atom stereocenters. The number of nitrogens with one attached hydrogen (secondary N) is 1. The molecule has 4 heterocycles. The van der Waals surface area contributed by atoms with Crippen molar-refractivity contribution in [2.75, 3.05) is 5.32 Å². The third-order valence-corrected chi connectivity index (χ3v) is 4.41. The van der Waals surface area contributed by atoms with Crippen LogP contribution in [0.1, 0.15) is 30.2 Å². The Kier molecular flexibility index (Phi) is 4.44. The van der Waals surface area contributed by atoms with Crippen molar-refractivity contribution in [1.29, 1.82) is 0 Å². The monoisotopic (exact) mass is 373 g/mol. The molecule has 0 spiro atoms. The van der Waals surface area contributed by atoms with E-state index in [1.807, 2.05) is 18.3 Å². The molecule has 8 heteroatoms. The highest BCUT2D eigenvalue weighted by atomic mass is 16.1. The van der Waals surface area contributed by atoms with Crippen molar-refractivity contribution >= 4 is 28.6 Å². The second-order valence-corrected chi connectivity index (χ2v) is 6.62. The van der Waals surface area contributed by atoms with Gasteiger partial charge in [-0.05, 0) is 38.1 Å². The summed E-state index contributed by atoms with van der Waals surface area (Å²) in [5.41, 5.74) is 8.51. The van der Waals surface area contributed by atoms with E-state index in [4.69, 9.17) is 5.73 Å². The lowest BCUT2D eigenvalue weighted by atomic mass is 10.1. The normalized spacial score (nSPS) is 11.1. The number of pyridine rings is 2. The number of carbonyl (C=O) groups excluding carboxylic acids is 1. The van der Waals surface area contributed by atoms with Crippen molar-refractivity contribution in [3.63, 3.8) is 0 Å². The summed E-state index contributed by atoms with van der Waals surface area (Å²) in [4.78, 5) is 28.7. The van der Waals surface area contributed by atoms with Crippen LogP contribution >= 0.6 is 0 Å². The fourth-order valence-electron chi connectivity index (χ4n) is 3.06. The number of fused-ring (bicyclic) bond motifs is 1. The Morgan fingerprint density at radius 2 is 1.96 bits per heavy atom. The van der Waals surface area contributed by atoms with Crippen LogP contribution < -0.4 is 11.1 Å². The van der Waals surface area contributed by atoms with Gasteiger partial charge >= 0.3 is 0 Å². The molecule has 4 aromatic rings. The summed E-state index contributed by atoms with van der Waals surface area (Å²) in [6, 6.07) is 7.25. The van der Waals surface area contributed by atoms with E-state index in [0.717, 1.165) is 22.2 Å². The highest BCUT2D eigenvalue weighted by molar-refractivity contribution is 5.95. The number of anilines is 2. The van der Waals surface area contributed by atoms with Crippen LogP contribution in [0.25, 0.3) is 22.2 Å². The minimum Gasteiger partial charge on any atom is -0.366 e. The SMILES string of the molecule is CC(C)n1cc(-c2ccnc(Nc3cc(C(N)=O)ccn3)n2)c2ccncc21. The number of nitrogens with zero attached hydrogens (tertiary/aromatic N) is 5. The molecule has 28 heavy (non-hydrogen) atoms. The molecule has 4 rings (SSSR count). The molecule has 0 aliphatic carbocycles. The van der Waals surface area contributed by atoms with Crippen molar-refractivity contribution < 1.29 is 4.79 Å². The van der Waals surface area contributed by atoms with Crippen LogP contribution in [0.4, 0.5) is 11.8 Å². The Morgan fingerprint density at radius 3 is 2.75 bits per heavy atom. The molecule has 1 amide bonds. The number of rotatable bonds is 5. The molecule has 0 fully saturated rings. The quantitative estimate of drug-likeness (QED) is 0.555. The fraction of sp³-hybridized carbons (Fsp3) is 0.150. The van der Waals surface area contributed by atoms with Gasteiger partial charge in [-0.1, -0.05) is 0 Å². The van der Waals surface area contributed by atoms with Crippen LogP contribution in [-0.2, 0) is 0 Å². The maximum Gasteiger partial charge on any atom is 0.248 e. The summed E-state index contributed by atoms with van der Waals surface area (Å²) in [5.74, 6) is 0.309. The van der Waals surface area contributed by atoms with Crippen molar-refractivity contribution in [2.24, 2.45) is 5.73 Å². The van der Waals surface area contributed by atoms with Gasteiger partial charge < -0.3 is 15.6 Å². The van der Waals surface area contributed by atoms with Gasteiger partial charge in [-0.2, -0.15) is 0 Å². The topological polar surface area (TPSA) is 112 Å². The molecule has 3 N–H and O–H groups in total. The van der Waals surface area contributed by atoms with Gasteiger partial charge in [-0.15, -0.1) is 0 Å². The average Bonchev–Trinajstić information content (AvgIpc) is 3.08. The Morgan fingerprint density at radius 1 is 1.14 bits per heavy atom. The predicted octanol–water partition coefficient (Wildman–Crippen LogP) is 3.31. The van der Waals surface area contributed by atoms with Gasteiger partial charge in [0.1, 0.15) is 5.82 Å². The molecular formula is C20H19N7O. The van der Waals surface area contributed by atoms with Crippen molar-refractivity contribution in [3.05, 3.63) is 60.8 Å². The van der Waals surface area contributed by atoms with Crippen LogP contribution in [0.5, 0.6) is 0 Å². The van der Waals surface area contributed by atoms with Gasteiger partial charge in [-0.3, -0.25) is 9.78 Å². The molecule has 0 aliphatic rings. The number of nitrogens with two attached hydrogens (primary N) is 1. The van der Waals surface area contributed by atoms with Gasteiger partial charge in [0.25, 0.3) is 0 Å². The second kappa shape index (κ2) is 7.07. The smallest absolute Gasteiger partial charge is 0.248 e.